The summed E-state index contributed by atoms with van der Waals surface area (Å²) in [6.07, 6.45) is 4.73. The van der Waals surface area contributed by atoms with Crippen LogP contribution in [-0.4, -0.2) is 18.3 Å². The van der Waals surface area contributed by atoms with Gasteiger partial charge in [0, 0.05) is 12.2 Å². The van der Waals surface area contributed by atoms with Gasteiger partial charge in [-0.25, -0.2) is 4.39 Å². The maximum absolute atomic E-state index is 13.2. The van der Waals surface area contributed by atoms with Crippen LogP contribution in [0.4, 0.5) is 4.39 Å². The first kappa shape index (κ1) is 17.7. The fourth-order valence-corrected chi connectivity index (χ4v) is 2.16. The lowest BCUT2D eigenvalue weighted by atomic mass is 10.0. The molecule has 0 fully saturated rings. The molecule has 116 valence electrons. The lowest BCUT2D eigenvalue weighted by molar-refractivity contribution is 0.0818. The fraction of sp³-hybridized carbons (Fsp3) is 0.556. The van der Waals surface area contributed by atoms with E-state index in [9.17, 15) is 4.39 Å². The predicted molar refractivity (Wildman–Crippen MR) is 83.3 cm³/mol. The van der Waals surface area contributed by atoms with E-state index in [1.54, 1.807) is 6.07 Å². The molecule has 1 rings (SSSR count). The van der Waals surface area contributed by atoms with E-state index in [1.165, 1.54) is 31.4 Å². The Morgan fingerprint density at radius 3 is 2.81 bits per heavy atom. The zero-order valence-corrected chi connectivity index (χ0v) is 13.0. The minimum atomic E-state index is -0.324. The summed E-state index contributed by atoms with van der Waals surface area (Å²) in [6.45, 7) is 5.29. The molecular weight excluding hydrogens is 267 g/mol. The first-order chi connectivity index (χ1) is 10.2. The van der Waals surface area contributed by atoms with Crippen LogP contribution in [0.3, 0.4) is 0 Å². The van der Waals surface area contributed by atoms with Crippen LogP contribution in [0.1, 0.15) is 50.7 Å². The van der Waals surface area contributed by atoms with Crippen molar-refractivity contribution in [1.29, 1.82) is 0 Å². The second-order valence-electron chi connectivity index (χ2n) is 5.19. The molecular formula is C18H25FO2. The molecule has 0 heterocycles. The Balaban J connectivity index is 2.58. The zero-order valence-electron chi connectivity index (χ0n) is 13.0. The highest BCUT2D eigenvalue weighted by molar-refractivity contribution is 5.41. The van der Waals surface area contributed by atoms with Crippen LogP contribution >= 0.6 is 0 Å². The molecule has 1 aromatic carbocycles. The van der Waals surface area contributed by atoms with Gasteiger partial charge in [-0.05, 0) is 30.0 Å². The van der Waals surface area contributed by atoms with Gasteiger partial charge < -0.3 is 9.84 Å². The van der Waals surface area contributed by atoms with E-state index >= 15 is 0 Å². The molecule has 1 N–H and O–H groups in total. The SMILES string of the molecule is CCCCC(CC)COCc1ccc(F)cc1C#CCO. The average Bonchev–Trinajstić information content (AvgIpc) is 2.50. The highest BCUT2D eigenvalue weighted by Gasteiger charge is 2.07. The van der Waals surface area contributed by atoms with Crippen LogP contribution in [0.25, 0.3) is 0 Å². The molecule has 0 aromatic heterocycles. The second-order valence-corrected chi connectivity index (χ2v) is 5.19. The predicted octanol–water partition coefficient (Wildman–Crippen LogP) is 3.90. The van der Waals surface area contributed by atoms with E-state index in [0.717, 1.165) is 18.6 Å². The Kier molecular flexibility index (Phi) is 8.73. The monoisotopic (exact) mass is 292 g/mol. The lowest BCUT2D eigenvalue weighted by Gasteiger charge is -2.15. The normalized spacial score (nSPS) is 11.8. The van der Waals surface area contributed by atoms with Crippen LogP contribution < -0.4 is 0 Å². The number of hydrogen-bond acceptors (Lipinski definition) is 2. The number of unbranched alkanes of at least 4 members (excludes halogenated alkanes) is 1. The van der Waals surface area contributed by atoms with Crippen molar-refractivity contribution >= 4 is 0 Å². The minimum Gasteiger partial charge on any atom is -0.384 e. The third-order valence-electron chi connectivity index (χ3n) is 3.53. The number of rotatable bonds is 8. The standard InChI is InChI=1S/C18H25FO2/c1-3-5-7-15(4-2)13-21-14-17-9-10-18(19)12-16(17)8-6-11-20/h9-10,12,15,20H,3-5,7,11,13-14H2,1-2H3. The van der Waals surface area contributed by atoms with Crippen molar-refractivity contribution in [2.45, 2.75) is 46.1 Å². The van der Waals surface area contributed by atoms with Gasteiger partial charge in [-0.2, -0.15) is 0 Å². The highest BCUT2D eigenvalue weighted by atomic mass is 19.1. The molecule has 0 aliphatic rings. The van der Waals surface area contributed by atoms with Gasteiger partial charge in [0.2, 0.25) is 0 Å². The fourth-order valence-electron chi connectivity index (χ4n) is 2.16. The average molecular weight is 292 g/mol. The van der Waals surface area contributed by atoms with Gasteiger partial charge >= 0.3 is 0 Å². The summed E-state index contributed by atoms with van der Waals surface area (Å²) >= 11 is 0. The quantitative estimate of drug-likeness (QED) is 0.736. The molecule has 2 nitrogen and oxygen atoms in total. The number of ether oxygens (including phenoxy) is 1. The van der Waals surface area contributed by atoms with Crippen molar-refractivity contribution < 1.29 is 14.2 Å². The second kappa shape index (κ2) is 10.4. The molecule has 1 atom stereocenters. The largest absolute Gasteiger partial charge is 0.384 e. The molecule has 0 aliphatic heterocycles. The summed E-state index contributed by atoms with van der Waals surface area (Å²) in [5.74, 6) is 5.58. The Morgan fingerprint density at radius 1 is 1.33 bits per heavy atom. The van der Waals surface area contributed by atoms with E-state index in [1.807, 2.05) is 0 Å². The molecule has 1 aromatic rings. The smallest absolute Gasteiger partial charge is 0.124 e. The summed E-state index contributed by atoms with van der Waals surface area (Å²) in [5, 5.41) is 8.75. The number of benzene rings is 1. The van der Waals surface area contributed by atoms with E-state index < -0.39 is 0 Å². The third-order valence-corrected chi connectivity index (χ3v) is 3.53. The Morgan fingerprint density at radius 2 is 2.14 bits per heavy atom. The van der Waals surface area contributed by atoms with E-state index in [2.05, 4.69) is 25.7 Å². The van der Waals surface area contributed by atoms with Gasteiger partial charge in [0.1, 0.15) is 12.4 Å². The van der Waals surface area contributed by atoms with Gasteiger partial charge in [-0.1, -0.05) is 51.0 Å². The van der Waals surface area contributed by atoms with Gasteiger partial charge in [-0.15, -0.1) is 0 Å². The van der Waals surface area contributed by atoms with Crippen molar-refractivity contribution in [2.24, 2.45) is 5.92 Å². The molecule has 0 bridgehead atoms. The van der Waals surface area contributed by atoms with E-state index in [4.69, 9.17) is 9.84 Å². The Bertz CT molecular complexity index is 474. The van der Waals surface area contributed by atoms with Gasteiger partial charge in [0.15, 0.2) is 0 Å². The Labute approximate surface area is 127 Å². The van der Waals surface area contributed by atoms with Gasteiger partial charge in [0.25, 0.3) is 0 Å². The summed E-state index contributed by atoms with van der Waals surface area (Å²) in [4.78, 5) is 0. The molecule has 0 amide bonds. The molecule has 0 radical (unpaired) electrons. The molecule has 0 spiro atoms. The maximum atomic E-state index is 13.2. The first-order valence-electron chi connectivity index (χ1n) is 7.67. The van der Waals surface area contributed by atoms with Crippen molar-refractivity contribution in [2.75, 3.05) is 13.2 Å². The topological polar surface area (TPSA) is 29.5 Å². The van der Waals surface area contributed by atoms with Gasteiger partial charge in [0.05, 0.1) is 6.61 Å². The molecule has 0 aliphatic carbocycles. The van der Waals surface area contributed by atoms with Crippen LogP contribution in [0.5, 0.6) is 0 Å². The maximum Gasteiger partial charge on any atom is 0.124 e. The summed E-state index contributed by atoms with van der Waals surface area (Å²) in [5.41, 5.74) is 1.45. The highest BCUT2D eigenvalue weighted by Crippen LogP contribution is 2.16. The summed E-state index contributed by atoms with van der Waals surface area (Å²) in [6, 6.07) is 4.50. The number of halogens is 1. The van der Waals surface area contributed by atoms with Crippen molar-refractivity contribution in [3.8, 4) is 11.8 Å². The van der Waals surface area contributed by atoms with E-state index in [0.29, 0.717) is 18.1 Å². The first-order valence-corrected chi connectivity index (χ1v) is 7.67. The Hall–Kier alpha value is -1.37. The molecule has 0 saturated heterocycles. The minimum absolute atomic E-state index is 0.230. The molecule has 1 unspecified atom stereocenters. The number of aliphatic hydroxyl groups excluding tert-OH is 1. The number of aliphatic hydroxyl groups is 1. The van der Waals surface area contributed by atoms with E-state index in [-0.39, 0.29) is 12.4 Å². The van der Waals surface area contributed by atoms with Crippen molar-refractivity contribution in [3.63, 3.8) is 0 Å². The van der Waals surface area contributed by atoms with Crippen molar-refractivity contribution in [1.82, 2.24) is 0 Å². The third kappa shape index (κ3) is 6.75. The van der Waals surface area contributed by atoms with Crippen LogP contribution in [0.15, 0.2) is 18.2 Å². The number of hydrogen-bond donors (Lipinski definition) is 1. The molecule has 21 heavy (non-hydrogen) atoms. The summed E-state index contributed by atoms with van der Waals surface area (Å²) < 4.78 is 19.0. The zero-order chi connectivity index (χ0) is 15.5. The molecule has 0 saturated carbocycles. The summed E-state index contributed by atoms with van der Waals surface area (Å²) in [7, 11) is 0. The van der Waals surface area contributed by atoms with Crippen LogP contribution in [-0.2, 0) is 11.3 Å². The lowest BCUT2D eigenvalue weighted by Crippen LogP contribution is -2.09. The van der Waals surface area contributed by atoms with Crippen LogP contribution in [0.2, 0.25) is 0 Å². The van der Waals surface area contributed by atoms with Gasteiger partial charge in [-0.3, -0.25) is 0 Å². The molecule has 3 heteroatoms. The van der Waals surface area contributed by atoms with Crippen LogP contribution in [0, 0.1) is 23.6 Å². The van der Waals surface area contributed by atoms with Crippen molar-refractivity contribution in [3.05, 3.63) is 35.1 Å².